The van der Waals surface area contributed by atoms with Gasteiger partial charge < -0.3 is 10.1 Å². The van der Waals surface area contributed by atoms with Gasteiger partial charge in [0.15, 0.2) is 0 Å². The summed E-state index contributed by atoms with van der Waals surface area (Å²) in [5.41, 5.74) is 1.96. The second kappa shape index (κ2) is 8.55. The molecule has 3 saturated carbocycles. The van der Waals surface area contributed by atoms with E-state index in [1.807, 2.05) is 48.5 Å². The van der Waals surface area contributed by atoms with Crippen molar-refractivity contribution >= 4 is 57.0 Å². The smallest absolute Gasteiger partial charge is 0.311 e. The molecule has 33 heavy (non-hydrogen) atoms. The number of carbonyl (C=O) groups is 2. The number of rotatable bonds is 4. The van der Waals surface area contributed by atoms with E-state index in [-0.39, 0.29) is 17.4 Å². The van der Waals surface area contributed by atoms with Gasteiger partial charge in [-0.25, -0.2) is 4.98 Å². The third kappa shape index (κ3) is 3.91. The lowest BCUT2D eigenvalue weighted by Gasteiger charge is -2.52. The first-order valence-electron chi connectivity index (χ1n) is 11.1. The lowest BCUT2D eigenvalue weighted by molar-refractivity contribution is -0.160. The Labute approximate surface area is 211 Å². The first kappa shape index (κ1) is 22.6. The fraction of sp³-hybridized carbons (Fsp3) is 0.346. The van der Waals surface area contributed by atoms with Gasteiger partial charge in [-0.3, -0.25) is 9.59 Å². The van der Waals surface area contributed by atoms with Crippen LogP contribution in [0.15, 0.2) is 48.5 Å². The van der Waals surface area contributed by atoms with Gasteiger partial charge in [0, 0.05) is 20.1 Å². The van der Waals surface area contributed by atoms with Crippen molar-refractivity contribution in [2.45, 2.75) is 44.1 Å². The van der Waals surface area contributed by atoms with Gasteiger partial charge in [0.05, 0.1) is 34.3 Å². The zero-order chi connectivity index (χ0) is 23.2. The highest BCUT2D eigenvalue weighted by Gasteiger charge is 2.53. The summed E-state index contributed by atoms with van der Waals surface area (Å²) in [6.07, 6.45) is 4.49. The molecule has 0 atom stereocenters. The normalized spacial score (nSPS) is 24.0. The molecule has 1 amide bonds. The average molecular weight is 575 g/mol. The lowest BCUT2D eigenvalue weighted by atomic mass is 9.57. The molecule has 0 spiro atoms. The number of aromatic nitrogens is 1. The van der Waals surface area contributed by atoms with Crippen molar-refractivity contribution in [1.82, 2.24) is 10.3 Å². The van der Waals surface area contributed by atoms with Crippen LogP contribution in [0.2, 0.25) is 5.02 Å². The van der Waals surface area contributed by atoms with E-state index in [9.17, 15) is 9.59 Å². The lowest BCUT2D eigenvalue weighted by Crippen LogP contribution is -2.58. The van der Waals surface area contributed by atoms with Crippen LogP contribution in [0, 0.1) is 8.99 Å². The standard InChI is InChI=1S/C26H24ClIN2O3/c1-33-24(32)25-9-12-26(13-10-25,14-11-25)30-23(31)20-18-15-17(28)7-8-19(18)29-22(21(20)27)16-5-3-2-4-6-16/h2-8,15H,9-14H2,1H3,(H,30,31). The van der Waals surface area contributed by atoms with Crippen LogP contribution in [0.25, 0.3) is 22.2 Å². The first-order valence-corrected chi connectivity index (χ1v) is 12.6. The van der Waals surface area contributed by atoms with Crippen LogP contribution in [0.5, 0.6) is 0 Å². The summed E-state index contributed by atoms with van der Waals surface area (Å²) in [5.74, 6) is -0.300. The van der Waals surface area contributed by atoms with Crippen molar-refractivity contribution in [2.75, 3.05) is 7.11 Å². The van der Waals surface area contributed by atoms with E-state index in [4.69, 9.17) is 21.3 Å². The monoisotopic (exact) mass is 574 g/mol. The fourth-order valence-corrected chi connectivity index (χ4v) is 6.25. The van der Waals surface area contributed by atoms with Crippen LogP contribution in [-0.2, 0) is 9.53 Å². The van der Waals surface area contributed by atoms with Crippen molar-refractivity contribution < 1.29 is 14.3 Å². The Bertz CT molecular complexity index is 1240. The third-order valence-corrected chi connectivity index (χ3v) is 8.44. The van der Waals surface area contributed by atoms with Crippen LogP contribution in [-0.4, -0.2) is 29.5 Å². The maximum absolute atomic E-state index is 13.8. The van der Waals surface area contributed by atoms with Gasteiger partial charge in [-0.2, -0.15) is 0 Å². The Morgan fingerprint density at radius 1 is 1.03 bits per heavy atom. The van der Waals surface area contributed by atoms with Crippen LogP contribution in [0.4, 0.5) is 0 Å². The van der Waals surface area contributed by atoms with Gasteiger partial charge in [0.25, 0.3) is 5.91 Å². The van der Waals surface area contributed by atoms with E-state index in [0.717, 1.165) is 58.6 Å². The molecule has 170 valence electrons. The molecule has 3 aromatic rings. The minimum atomic E-state index is -0.390. The number of hydrogen-bond donors (Lipinski definition) is 1. The van der Waals surface area contributed by atoms with E-state index < -0.39 is 5.41 Å². The molecular weight excluding hydrogens is 551 g/mol. The number of hydrogen-bond acceptors (Lipinski definition) is 4. The van der Waals surface area contributed by atoms with Gasteiger partial charge in [-0.1, -0.05) is 41.9 Å². The Morgan fingerprint density at radius 2 is 1.70 bits per heavy atom. The van der Waals surface area contributed by atoms with Gasteiger partial charge in [0.2, 0.25) is 0 Å². The summed E-state index contributed by atoms with van der Waals surface area (Å²) >= 11 is 9.12. The van der Waals surface area contributed by atoms with Gasteiger partial charge in [-0.05, 0) is 79.3 Å². The van der Waals surface area contributed by atoms with Crippen molar-refractivity contribution in [3.8, 4) is 11.3 Å². The molecule has 2 aromatic carbocycles. The Balaban J connectivity index is 1.53. The molecule has 3 aliphatic rings. The quantitative estimate of drug-likeness (QED) is 0.300. The van der Waals surface area contributed by atoms with Crippen LogP contribution < -0.4 is 5.32 Å². The van der Waals surface area contributed by atoms with Crippen molar-refractivity contribution in [2.24, 2.45) is 5.41 Å². The van der Waals surface area contributed by atoms with Gasteiger partial charge in [-0.15, -0.1) is 0 Å². The molecule has 0 saturated heterocycles. The van der Waals surface area contributed by atoms with E-state index >= 15 is 0 Å². The number of fused-ring (bicyclic) bond motifs is 4. The number of amides is 1. The second-order valence-corrected chi connectivity index (χ2v) is 10.8. The molecule has 1 N–H and O–H groups in total. The summed E-state index contributed by atoms with van der Waals surface area (Å²) in [4.78, 5) is 30.9. The molecular formula is C26H24ClIN2O3. The molecule has 3 fully saturated rings. The molecule has 2 bridgehead atoms. The molecule has 0 radical (unpaired) electrons. The predicted molar refractivity (Wildman–Crippen MR) is 137 cm³/mol. The van der Waals surface area contributed by atoms with E-state index in [1.165, 1.54) is 7.11 Å². The largest absolute Gasteiger partial charge is 0.469 e. The van der Waals surface area contributed by atoms with E-state index in [1.54, 1.807) is 0 Å². The Kier molecular flexibility index (Phi) is 5.85. The minimum Gasteiger partial charge on any atom is -0.469 e. The van der Waals surface area contributed by atoms with Crippen LogP contribution >= 0.6 is 34.2 Å². The summed E-state index contributed by atoms with van der Waals surface area (Å²) in [7, 11) is 1.46. The van der Waals surface area contributed by atoms with E-state index in [2.05, 4.69) is 27.9 Å². The number of nitrogens with one attached hydrogen (secondary N) is 1. The summed E-state index contributed by atoms with van der Waals surface area (Å²) in [6, 6.07) is 15.6. The molecule has 1 heterocycles. The summed E-state index contributed by atoms with van der Waals surface area (Å²) in [6.45, 7) is 0. The maximum Gasteiger partial charge on any atom is 0.311 e. The minimum absolute atomic E-state index is 0.118. The van der Waals surface area contributed by atoms with Crippen molar-refractivity contribution in [3.63, 3.8) is 0 Å². The van der Waals surface area contributed by atoms with E-state index in [0.29, 0.717) is 16.3 Å². The SMILES string of the molecule is COC(=O)C12CCC(NC(=O)c3c(Cl)c(-c4ccccc4)nc4ccc(I)cc34)(CC1)CC2. The first-order chi connectivity index (χ1) is 15.9. The summed E-state index contributed by atoms with van der Waals surface area (Å²) in [5, 5.41) is 4.44. The molecule has 6 rings (SSSR count). The fourth-order valence-electron chi connectivity index (χ4n) is 5.42. The van der Waals surface area contributed by atoms with Crippen LogP contribution in [0.1, 0.15) is 48.9 Å². The maximum atomic E-state index is 13.8. The molecule has 1 aromatic heterocycles. The van der Waals surface area contributed by atoms with Gasteiger partial charge >= 0.3 is 5.97 Å². The van der Waals surface area contributed by atoms with Crippen molar-refractivity contribution in [1.29, 1.82) is 0 Å². The highest BCUT2D eigenvalue weighted by molar-refractivity contribution is 14.1. The molecule has 3 aliphatic carbocycles. The molecule has 0 unspecified atom stereocenters. The highest BCUT2D eigenvalue weighted by Crippen LogP contribution is 2.53. The number of esters is 1. The number of pyridine rings is 1. The Hall–Kier alpha value is -2.19. The van der Waals surface area contributed by atoms with Gasteiger partial charge in [0.1, 0.15) is 0 Å². The molecule has 5 nitrogen and oxygen atoms in total. The number of nitrogens with zero attached hydrogens (tertiary/aromatic N) is 1. The van der Waals surface area contributed by atoms with Crippen molar-refractivity contribution in [3.05, 3.63) is 62.7 Å². The number of ether oxygens (including phenoxy) is 1. The zero-order valence-corrected chi connectivity index (χ0v) is 21.2. The number of halogens is 2. The average Bonchev–Trinajstić information content (AvgIpc) is 2.84. The zero-order valence-electron chi connectivity index (χ0n) is 18.3. The highest BCUT2D eigenvalue weighted by atomic mass is 127. The summed E-state index contributed by atoms with van der Waals surface area (Å²) < 4.78 is 6.08. The number of carbonyl (C=O) groups excluding carboxylic acids is 2. The molecule has 7 heteroatoms. The number of benzene rings is 2. The molecule has 0 aliphatic heterocycles. The predicted octanol–water partition coefficient (Wildman–Crippen LogP) is 6.16. The topological polar surface area (TPSA) is 68.3 Å². The number of methoxy groups -OCH3 is 1. The third-order valence-electron chi connectivity index (χ3n) is 7.41. The Morgan fingerprint density at radius 3 is 2.33 bits per heavy atom. The van der Waals surface area contributed by atoms with Crippen LogP contribution in [0.3, 0.4) is 0 Å². The second-order valence-electron chi connectivity index (χ2n) is 9.18.